The average Bonchev–Trinajstić information content (AvgIpc) is 2.39. The van der Waals surface area contributed by atoms with Gasteiger partial charge < -0.3 is 0 Å². The van der Waals surface area contributed by atoms with Gasteiger partial charge in [0.25, 0.3) is 0 Å². The van der Waals surface area contributed by atoms with Gasteiger partial charge in [-0.3, -0.25) is 0 Å². The molecule has 0 aliphatic heterocycles. The lowest BCUT2D eigenvalue weighted by Gasteiger charge is -1.97. The summed E-state index contributed by atoms with van der Waals surface area (Å²) in [4.78, 5) is 0. The number of rotatable bonds is 13. The Morgan fingerprint density at radius 1 is 0.611 bits per heavy atom. The van der Waals surface area contributed by atoms with Crippen molar-refractivity contribution in [3.05, 3.63) is 31.2 Å². The van der Waals surface area contributed by atoms with Crippen LogP contribution >= 0.6 is 0 Å². The molecule has 0 bridgehead atoms. The molecule has 0 fully saturated rings. The first kappa shape index (κ1) is 17.5. The fraction of sp³-hybridized carbons (Fsp3) is 0.722. The monoisotopic (exact) mass is 249 g/mol. The van der Waals surface area contributed by atoms with Crippen LogP contribution in [-0.2, 0) is 0 Å². The van der Waals surface area contributed by atoms with Gasteiger partial charge in [-0.05, 0) is 51.9 Å². The predicted octanol–water partition coefficient (Wildman–Crippen LogP) is 6.63. The normalized spacial score (nSPS) is 11.9. The van der Waals surface area contributed by atoms with Crippen molar-refractivity contribution in [1.82, 2.24) is 0 Å². The molecule has 0 rings (SSSR count). The van der Waals surface area contributed by atoms with Crippen LogP contribution < -0.4 is 0 Å². The summed E-state index contributed by atoms with van der Waals surface area (Å²) in [6, 6.07) is 0. The molecule has 0 heteroatoms. The molecular weight excluding hydrogens is 216 g/mol. The highest BCUT2D eigenvalue weighted by atomic mass is 13.9. The van der Waals surface area contributed by atoms with Crippen molar-refractivity contribution in [2.45, 2.75) is 84.0 Å². The smallest absolute Gasteiger partial charge is 0.0351 e. The summed E-state index contributed by atoms with van der Waals surface area (Å²) in [6.45, 7) is 6.06. The molecule has 0 nitrogen and oxygen atoms in total. The second-order valence-corrected chi connectivity index (χ2v) is 5.07. The zero-order valence-electron chi connectivity index (χ0n) is 12.5. The third-order valence-corrected chi connectivity index (χ3v) is 3.22. The molecule has 18 heavy (non-hydrogen) atoms. The van der Waals surface area contributed by atoms with Gasteiger partial charge in [0.1, 0.15) is 0 Å². The summed E-state index contributed by atoms with van der Waals surface area (Å²) in [6.07, 6.45) is 24.9. The Hall–Kier alpha value is -0.520. The van der Waals surface area contributed by atoms with Crippen LogP contribution in [0, 0.1) is 6.92 Å². The Morgan fingerprint density at radius 3 is 1.56 bits per heavy atom. The quantitative estimate of drug-likeness (QED) is 0.254. The zero-order valence-corrected chi connectivity index (χ0v) is 12.5. The standard InChI is InChI=1S/C18H33/c1-3-5-7-9-11-13-15-17-18-16-14-12-10-8-6-4-2/h5,7,16,18H,1,3-4,6,8-15,17H2,2H3. The van der Waals surface area contributed by atoms with Gasteiger partial charge in [0.2, 0.25) is 0 Å². The number of hydrogen-bond acceptors (Lipinski definition) is 0. The van der Waals surface area contributed by atoms with Gasteiger partial charge >= 0.3 is 0 Å². The van der Waals surface area contributed by atoms with Gasteiger partial charge in [0.05, 0.1) is 0 Å². The van der Waals surface area contributed by atoms with Crippen molar-refractivity contribution >= 4 is 0 Å². The minimum Gasteiger partial charge on any atom is -0.0885 e. The molecule has 0 N–H and O–H groups in total. The maximum atomic E-state index is 3.79. The van der Waals surface area contributed by atoms with Crippen molar-refractivity contribution in [2.24, 2.45) is 0 Å². The molecule has 0 aliphatic carbocycles. The van der Waals surface area contributed by atoms with E-state index in [0.717, 1.165) is 6.42 Å². The first-order valence-corrected chi connectivity index (χ1v) is 8.01. The molecule has 0 aromatic heterocycles. The van der Waals surface area contributed by atoms with E-state index >= 15 is 0 Å². The van der Waals surface area contributed by atoms with Crippen LogP contribution in [0.5, 0.6) is 0 Å². The largest absolute Gasteiger partial charge is 0.0885 e. The van der Waals surface area contributed by atoms with Crippen LogP contribution in [0.1, 0.15) is 84.0 Å². The van der Waals surface area contributed by atoms with E-state index < -0.39 is 0 Å². The van der Waals surface area contributed by atoms with Crippen molar-refractivity contribution in [2.75, 3.05) is 0 Å². The van der Waals surface area contributed by atoms with Gasteiger partial charge in [0, 0.05) is 0 Å². The number of allylic oxidation sites excluding steroid dienone is 4. The first-order chi connectivity index (χ1) is 8.91. The van der Waals surface area contributed by atoms with Gasteiger partial charge in [-0.15, -0.1) is 0 Å². The summed E-state index contributed by atoms with van der Waals surface area (Å²) >= 11 is 0. The molecule has 0 heterocycles. The van der Waals surface area contributed by atoms with E-state index in [1.807, 2.05) is 0 Å². The Labute approximate surface area is 116 Å². The van der Waals surface area contributed by atoms with E-state index in [9.17, 15) is 0 Å². The summed E-state index contributed by atoms with van der Waals surface area (Å²) in [5, 5.41) is 0. The summed E-state index contributed by atoms with van der Waals surface area (Å²) < 4.78 is 0. The molecule has 0 aromatic rings. The number of hydrogen-bond donors (Lipinski definition) is 0. The Bertz CT molecular complexity index is 188. The molecule has 0 amide bonds. The van der Waals surface area contributed by atoms with E-state index in [-0.39, 0.29) is 0 Å². The van der Waals surface area contributed by atoms with Gasteiger partial charge in [-0.1, -0.05) is 63.3 Å². The maximum absolute atomic E-state index is 3.79. The Morgan fingerprint density at radius 2 is 1.06 bits per heavy atom. The minimum absolute atomic E-state index is 0.932. The van der Waals surface area contributed by atoms with Gasteiger partial charge in [0.15, 0.2) is 0 Å². The highest BCUT2D eigenvalue weighted by Gasteiger charge is 1.87. The van der Waals surface area contributed by atoms with E-state index in [1.165, 1.54) is 70.6 Å². The van der Waals surface area contributed by atoms with Crippen LogP contribution in [0.4, 0.5) is 0 Å². The Kier molecular flexibility index (Phi) is 16.0. The third kappa shape index (κ3) is 15.5. The first-order valence-electron chi connectivity index (χ1n) is 8.01. The lowest BCUT2D eigenvalue weighted by atomic mass is 10.1. The molecular formula is C18H33. The van der Waals surface area contributed by atoms with Crippen LogP contribution in [0.15, 0.2) is 24.3 Å². The molecule has 0 saturated heterocycles. The minimum atomic E-state index is 0.932. The third-order valence-electron chi connectivity index (χ3n) is 3.22. The molecule has 0 aliphatic rings. The molecule has 0 spiro atoms. The highest BCUT2D eigenvalue weighted by Crippen LogP contribution is 2.07. The summed E-state index contributed by atoms with van der Waals surface area (Å²) in [5.74, 6) is 0. The SMILES string of the molecule is [CH2]CC=CCCCCCC=CCCCCCCC. The summed E-state index contributed by atoms with van der Waals surface area (Å²) in [5.41, 5.74) is 0. The molecule has 1 radical (unpaired) electrons. The average molecular weight is 249 g/mol. The Balaban J connectivity index is 3.06. The molecule has 105 valence electrons. The highest BCUT2D eigenvalue weighted by molar-refractivity contribution is 4.83. The van der Waals surface area contributed by atoms with Crippen molar-refractivity contribution in [1.29, 1.82) is 0 Å². The fourth-order valence-corrected chi connectivity index (χ4v) is 2.04. The lowest BCUT2D eigenvalue weighted by Crippen LogP contribution is -1.77. The van der Waals surface area contributed by atoms with Crippen LogP contribution in [0.2, 0.25) is 0 Å². The van der Waals surface area contributed by atoms with E-state index in [2.05, 4.69) is 38.2 Å². The summed E-state index contributed by atoms with van der Waals surface area (Å²) in [7, 11) is 0. The zero-order chi connectivity index (χ0) is 13.3. The second-order valence-electron chi connectivity index (χ2n) is 5.07. The van der Waals surface area contributed by atoms with E-state index in [4.69, 9.17) is 0 Å². The molecule has 0 atom stereocenters. The fourth-order valence-electron chi connectivity index (χ4n) is 2.04. The molecule has 0 unspecified atom stereocenters. The predicted molar refractivity (Wildman–Crippen MR) is 84.7 cm³/mol. The second kappa shape index (κ2) is 16.5. The van der Waals surface area contributed by atoms with Gasteiger partial charge in [-0.2, -0.15) is 0 Å². The van der Waals surface area contributed by atoms with Crippen LogP contribution in [0.3, 0.4) is 0 Å². The van der Waals surface area contributed by atoms with Crippen molar-refractivity contribution in [3.63, 3.8) is 0 Å². The molecule has 0 aromatic carbocycles. The van der Waals surface area contributed by atoms with Crippen molar-refractivity contribution < 1.29 is 0 Å². The van der Waals surface area contributed by atoms with Crippen LogP contribution in [-0.4, -0.2) is 0 Å². The van der Waals surface area contributed by atoms with E-state index in [0.29, 0.717) is 0 Å². The molecule has 0 saturated carbocycles. The van der Waals surface area contributed by atoms with Crippen LogP contribution in [0.25, 0.3) is 0 Å². The number of unbranched alkanes of at least 4 members (excludes halogenated alkanes) is 9. The van der Waals surface area contributed by atoms with E-state index in [1.54, 1.807) is 0 Å². The topological polar surface area (TPSA) is 0 Å². The maximum Gasteiger partial charge on any atom is -0.0351 e. The van der Waals surface area contributed by atoms with Crippen molar-refractivity contribution in [3.8, 4) is 0 Å². The van der Waals surface area contributed by atoms with Gasteiger partial charge in [-0.25, -0.2) is 0 Å². The lowest BCUT2D eigenvalue weighted by molar-refractivity contribution is 0.636.